The molecule has 1 aromatic rings. The van der Waals surface area contributed by atoms with E-state index < -0.39 is 5.60 Å². The van der Waals surface area contributed by atoms with Gasteiger partial charge in [-0.25, -0.2) is 0 Å². The Kier molecular flexibility index (Phi) is 7.63. The zero-order valence-corrected chi connectivity index (χ0v) is 14.8. The summed E-state index contributed by atoms with van der Waals surface area (Å²) in [7, 11) is 0. The van der Waals surface area contributed by atoms with Crippen molar-refractivity contribution >= 4 is 29.4 Å². The van der Waals surface area contributed by atoms with E-state index >= 15 is 0 Å². The summed E-state index contributed by atoms with van der Waals surface area (Å²) in [6, 6.07) is 8.09. The lowest BCUT2D eigenvalue weighted by atomic mass is 10.1. The second-order valence-electron chi connectivity index (χ2n) is 5.69. The zero-order valence-electron chi connectivity index (χ0n) is 13.2. The summed E-state index contributed by atoms with van der Waals surface area (Å²) in [5, 5.41) is 13.4. The van der Waals surface area contributed by atoms with E-state index in [0.717, 1.165) is 5.56 Å². The van der Waals surface area contributed by atoms with Gasteiger partial charge >= 0.3 is 0 Å². The van der Waals surface area contributed by atoms with Crippen molar-refractivity contribution in [3.8, 4) is 0 Å². The molecule has 0 spiro atoms. The smallest absolute Gasteiger partial charge is 0.224 e. The van der Waals surface area contributed by atoms with Gasteiger partial charge in [-0.05, 0) is 30.9 Å². The van der Waals surface area contributed by atoms with Crippen molar-refractivity contribution in [1.82, 2.24) is 5.32 Å². The van der Waals surface area contributed by atoms with Crippen molar-refractivity contribution in [2.75, 3.05) is 18.6 Å². The molecule has 3 nitrogen and oxygen atoms in total. The lowest BCUT2D eigenvalue weighted by Gasteiger charge is -2.22. The summed E-state index contributed by atoms with van der Waals surface area (Å²) >= 11 is 3.38. The lowest BCUT2D eigenvalue weighted by molar-refractivity contribution is -0.121. The molecule has 0 aliphatic rings. The van der Waals surface area contributed by atoms with E-state index in [1.54, 1.807) is 18.7 Å². The van der Waals surface area contributed by atoms with E-state index in [1.165, 1.54) is 4.90 Å². The van der Waals surface area contributed by atoms with E-state index in [-0.39, 0.29) is 12.5 Å². The molecule has 0 saturated heterocycles. The van der Waals surface area contributed by atoms with Gasteiger partial charge < -0.3 is 10.4 Å². The first-order valence-electron chi connectivity index (χ1n) is 7.06. The van der Waals surface area contributed by atoms with Crippen LogP contribution in [0.4, 0.5) is 0 Å². The molecule has 118 valence electrons. The number of carbonyl (C=O) groups excluding carboxylic acids is 1. The van der Waals surface area contributed by atoms with Gasteiger partial charge in [0.2, 0.25) is 5.91 Å². The lowest BCUT2D eigenvalue weighted by Crippen LogP contribution is -2.42. The molecule has 2 N–H and O–H groups in total. The van der Waals surface area contributed by atoms with E-state index in [4.69, 9.17) is 0 Å². The minimum Gasteiger partial charge on any atom is -0.387 e. The maximum atomic E-state index is 11.9. The molecule has 1 amide bonds. The monoisotopic (exact) mass is 327 g/mol. The fraction of sp³-hybridized carbons (Fsp3) is 0.562. The maximum absolute atomic E-state index is 11.9. The Morgan fingerprint density at radius 3 is 2.48 bits per heavy atom. The molecule has 0 saturated carbocycles. The van der Waals surface area contributed by atoms with Gasteiger partial charge in [0.05, 0.1) is 12.0 Å². The Balaban J connectivity index is 2.44. The van der Waals surface area contributed by atoms with Gasteiger partial charge in [0.15, 0.2) is 0 Å². The number of benzene rings is 1. The SMILES string of the molecule is CSCC(C)(O)CNC(=O)Cc1ccc(SC(C)C)cc1. The van der Waals surface area contributed by atoms with Gasteiger partial charge in [0.1, 0.15) is 0 Å². The van der Waals surface area contributed by atoms with E-state index in [9.17, 15) is 9.90 Å². The minimum absolute atomic E-state index is 0.0550. The van der Waals surface area contributed by atoms with Crippen molar-refractivity contribution in [3.63, 3.8) is 0 Å². The van der Waals surface area contributed by atoms with Crippen LogP contribution in [0.1, 0.15) is 26.3 Å². The van der Waals surface area contributed by atoms with Crippen molar-refractivity contribution in [1.29, 1.82) is 0 Å². The van der Waals surface area contributed by atoms with Crippen molar-refractivity contribution in [3.05, 3.63) is 29.8 Å². The Morgan fingerprint density at radius 1 is 1.33 bits per heavy atom. The Labute approximate surface area is 136 Å². The largest absolute Gasteiger partial charge is 0.387 e. The normalized spacial score (nSPS) is 14.0. The molecular weight excluding hydrogens is 302 g/mol. The highest BCUT2D eigenvalue weighted by atomic mass is 32.2. The topological polar surface area (TPSA) is 49.3 Å². The van der Waals surface area contributed by atoms with Gasteiger partial charge in [-0.3, -0.25) is 4.79 Å². The summed E-state index contributed by atoms with van der Waals surface area (Å²) in [6.07, 6.45) is 2.29. The number of amides is 1. The third-order valence-corrected chi connectivity index (χ3v) is 4.71. The highest BCUT2D eigenvalue weighted by Crippen LogP contribution is 2.22. The maximum Gasteiger partial charge on any atom is 0.224 e. The van der Waals surface area contributed by atoms with Crippen LogP contribution >= 0.6 is 23.5 Å². The summed E-state index contributed by atoms with van der Waals surface area (Å²) in [5.41, 5.74) is 0.137. The average Bonchev–Trinajstić information content (AvgIpc) is 2.38. The summed E-state index contributed by atoms with van der Waals surface area (Å²) in [5.74, 6) is 0.551. The number of aliphatic hydroxyl groups is 1. The number of nitrogens with one attached hydrogen (secondary N) is 1. The summed E-state index contributed by atoms with van der Waals surface area (Å²) < 4.78 is 0. The molecule has 0 aliphatic heterocycles. The molecule has 1 rings (SSSR count). The molecule has 1 atom stereocenters. The van der Waals surface area contributed by atoms with Crippen molar-refractivity contribution < 1.29 is 9.90 Å². The molecule has 0 bridgehead atoms. The van der Waals surface area contributed by atoms with Gasteiger partial charge in [0.25, 0.3) is 0 Å². The first-order chi connectivity index (χ1) is 9.82. The molecule has 0 heterocycles. The summed E-state index contributed by atoms with van der Waals surface area (Å²) in [4.78, 5) is 13.1. The molecule has 0 fully saturated rings. The van der Waals surface area contributed by atoms with Gasteiger partial charge in [-0.15, -0.1) is 11.8 Å². The third kappa shape index (κ3) is 7.79. The van der Waals surface area contributed by atoms with E-state index in [0.29, 0.717) is 17.4 Å². The predicted molar refractivity (Wildman–Crippen MR) is 93.2 cm³/mol. The van der Waals surface area contributed by atoms with Gasteiger partial charge in [0, 0.05) is 22.4 Å². The molecule has 5 heteroatoms. The number of rotatable bonds is 8. The molecule has 0 aromatic heterocycles. The van der Waals surface area contributed by atoms with Crippen LogP contribution in [0.3, 0.4) is 0 Å². The standard InChI is InChI=1S/C16H25NO2S2/c1-12(2)21-14-7-5-13(6-8-14)9-15(18)17-10-16(3,19)11-20-4/h5-8,12,19H,9-11H2,1-4H3,(H,17,18). The fourth-order valence-corrected chi connectivity index (χ4v) is 3.42. The van der Waals surface area contributed by atoms with Crippen molar-refractivity contribution in [2.45, 2.75) is 42.9 Å². The Bertz CT molecular complexity index is 444. The zero-order chi connectivity index (χ0) is 15.9. The van der Waals surface area contributed by atoms with Crippen LogP contribution in [0.5, 0.6) is 0 Å². The predicted octanol–water partition coefficient (Wildman–Crippen LogP) is 2.96. The average molecular weight is 328 g/mol. The highest BCUT2D eigenvalue weighted by Gasteiger charge is 2.20. The van der Waals surface area contributed by atoms with E-state index in [2.05, 4.69) is 31.3 Å². The number of hydrogen-bond acceptors (Lipinski definition) is 4. The molecule has 0 radical (unpaired) electrons. The van der Waals surface area contributed by atoms with E-state index in [1.807, 2.05) is 30.2 Å². The highest BCUT2D eigenvalue weighted by molar-refractivity contribution is 7.99. The second kappa shape index (κ2) is 8.71. The molecule has 21 heavy (non-hydrogen) atoms. The summed E-state index contributed by atoms with van der Waals surface area (Å²) in [6.45, 7) is 6.34. The minimum atomic E-state index is -0.854. The van der Waals surface area contributed by atoms with Crippen LogP contribution in [0, 0.1) is 0 Å². The van der Waals surface area contributed by atoms with Crippen LogP contribution in [0.2, 0.25) is 0 Å². The van der Waals surface area contributed by atoms with Crippen LogP contribution in [-0.4, -0.2) is 40.4 Å². The second-order valence-corrected chi connectivity index (χ2v) is 8.21. The first-order valence-corrected chi connectivity index (χ1v) is 9.33. The van der Waals surface area contributed by atoms with Crippen LogP contribution < -0.4 is 5.32 Å². The van der Waals surface area contributed by atoms with Crippen LogP contribution in [0.25, 0.3) is 0 Å². The fourth-order valence-electron chi connectivity index (χ4n) is 1.86. The molecule has 1 aromatic carbocycles. The number of hydrogen-bond donors (Lipinski definition) is 2. The number of thioether (sulfide) groups is 2. The molecule has 0 aliphatic carbocycles. The van der Waals surface area contributed by atoms with Gasteiger partial charge in [-0.2, -0.15) is 11.8 Å². The molecule has 1 unspecified atom stereocenters. The van der Waals surface area contributed by atoms with Crippen molar-refractivity contribution in [2.24, 2.45) is 0 Å². The molecular formula is C16H25NO2S2. The number of carbonyl (C=O) groups is 1. The van der Waals surface area contributed by atoms with Crippen LogP contribution in [-0.2, 0) is 11.2 Å². The Morgan fingerprint density at radius 2 is 1.95 bits per heavy atom. The first kappa shape index (κ1) is 18.4. The van der Waals surface area contributed by atoms with Gasteiger partial charge in [-0.1, -0.05) is 26.0 Å². The van der Waals surface area contributed by atoms with Crippen LogP contribution in [0.15, 0.2) is 29.2 Å². The third-order valence-electron chi connectivity index (χ3n) is 2.78. The quantitative estimate of drug-likeness (QED) is 0.721. The Hall–Kier alpha value is -0.650.